The Morgan fingerprint density at radius 1 is 1.00 bits per heavy atom. The molecular formula is C29H31F3N4O2. The number of nitrogens with zero attached hydrogens (tertiary/aromatic N) is 2. The molecule has 3 aliphatic rings. The monoisotopic (exact) mass is 524 g/mol. The van der Waals surface area contributed by atoms with E-state index in [4.69, 9.17) is 11.5 Å². The highest BCUT2D eigenvalue weighted by atomic mass is 19.4. The number of anilines is 1. The summed E-state index contributed by atoms with van der Waals surface area (Å²) in [7, 11) is 0. The lowest BCUT2D eigenvalue weighted by molar-refractivity contribution is -0.137. The van der Waals surface area contributed by atoms with Crippen molar-refractivity contribution in [1.29, 1.82) is 0 Å². The second-order valence-corrected chi connectivity index (χ2v) is 10.3. The van der Waals surface area contributed by atoms with Crippen LogP contribution in [-0.4, -0.2) is 43.0 Å². The molecule has 0 bridgehead atoms. The van der Waals surface area contributed by atoms with E-state index in [-0.39, 0.29) is 13.0 Å². The van der Waals surface area contributed by atoms with Crippen molar-refractivity contribution in [3.63, 3.8) is 0 Å². The van der Waals surface area contributed by atoms with E-state index in [1.54, 1.807) is 6.07 Å². The van der Waals surface area contributed by atoms with Gasteiger partial charge in [0.1, 0.15) is 0 Å². The number of halogens is 3. The molecule has 1 aliphatic carbocycles. The molecule has 2 heterocycles. The summed E-state index contributed by atoms with van der Waals surface area (Å²) in [6.45, 7) is 1.88. The van der Waals surface area contributed by atoms with E-state index in [1.165, 1.54) is 16.5 Å². The Bertz CT molecular complexity index is 1330. The standard InChI is InChI=1S/C29H31F3N4O2/c30-29(31,32)21-8-3-6-20(17-21)22-10-12-28(26(33)37,24-18-36(27(34)38)15-11-23(22)24)13-16-35-14-4-7-19-5-1-2-9-25(19)35/h1-3,5-6,8-10,17H,4,7,11-16,18H2,(H2,33,37)(H2,34,38). The van der Waals surface area contributed by atoms with E-state index in [9.17, 15) is 22.8 Å². The van der Waals surface area contributed by atoms with Crippen molar-refractivity contribution in [3.8, 4) is 0 Å². The minimum Gasteiger partial charge on any atom is -0.371 e. The van der Waals surface area contributed by atoms with Gasteiger partial charge in [-0.15, -0.1) is 0 Å². The van der Waals surface area contributed by atoms with Crippen LogP contribution in [0.3, 0.4) is 0 Å². The van der Waals surface area contributed by atoms with Crippen molar-refractivity contribution in [2.24, 2.45) is 16.9 Å². The number of benzene rings is 2. The van der Waals surface area contributed by atoms with Crippen molar-refractivity contribution in [2.45, 2.75) is 38.3 Å². The normalized spacial score (nSPS) is 21.5. The second-order valence-electron chi connectivity index (χ2n) is 10.3. The van der Waals surface area contributed by atoms with Gasteiger partial charge in [0.05, 0.1) is 11.0 Å². The predicted molar refractivity (Wildman–Crippen MR) is 140 cm³/mol. The summed E-state index contributed by atoms with van der Waals surface area (Å²) in [6, 6.07) is 12.8. The molecule has 4 N–H and O–H groups in total. The van der Waals surface area contributed by atoms with Gasteiger partial charge in [-0.1, -0.05) is 36.4 Å². The molecule has 2 aliphatic heterocycles. The maximum absolute atomic E-state index is 13.5. The van der Waals surface area contributed by atoms with Gasteiger partial charge in [-0.3, -0.25) is 4.79 Å². The Hall–Kier alpha value is -3.75. The number of allylic oxidation sites excluding steroid dienone is 2. The average Bonchev–Trinajstić information content (AvgIpc) is 2.90. The van der Waals surface area contributed by atoms with Crippen LogP contribution < -0.4 is 16.4 Å². The fraction of sp³-hybridized carbons (Fsp3) is 0.379. The van der Waals surface area contributed by atoms with Crippen LogP contribution in [0.15, 0.2) is 65.8 Å². The third-order valence-electron chi connectivity index (χ3n) is 8.20. The number of fused-ring (bicyclic) bond motifs is 1. The number of aryl methyl sites for hydroxylation is 1. The lowest BCUT2D eigenvalue weighted by atomic mass is 9.65. The van der Waals surface area contributed by atoms with Crippen LogP contribution >= 0.6 is 0 Å². The molecule has 2 aromatic carbocycles. The number of carbonyl (C=O) groups excluding carboxylic acids is 2. The van der Waals surface area contributed by atoms with Gasteiger partial charge in [0, 0.05) is 31.9 Å². The molecule has 0 spiro atoms. The molecule has 9 heteroatoms. The Balaban J connectivity index is 1.53. The van der Waals surface area contributed by atoms with Gasteiger partial charge in [0.2, 0.25) is 5.91 Å². The van der Waals surface area contributed by atoms with Crippen molar-refractivity contribution in [2.75, 3.05) is 31.1 Å². The van der Waals surface area contributed by atoms with E-state index in [0.29, 0.717) is 42.6 Å². The quantitative estimate of drug-likeness (QED) is 0.584. The molecule has 200 valence electrons. The van der Waals surface area contributed by atoms with Gasteiger partial charge in [-0.25, -0.2) is 4.79 Å². The van der Waals surface area contributed by atoms with E-state index >= 15 is 0 Å². The van der Waals surface area contributed by atoms with Crippen LogP contribution in [0.5, 0.6) is 0 Å². The first-order valence-corrected chi connectivity index (χ1v) is 12.9. The first-order chi connectivity index (χ1) is 18.1. The van der Waals surface area contributed by atoms with Gasteiger partial charge in [0.15, 0.2) is 0 Å². The number of rotatable bonds is 5. The maximum atomic E-state index is 13.5. The number of carbonyl (C=O) groups is 2. The molecule has 2 aromatic rings. The fourth-order valence-corrected chi connectivity index (χ4v) is 6.16. The first-order valence-electron chi connectivity index (χ1n) is 12.9. The summed E-state index contributed by atoms with van der Waals surface area (Å²) in [6.07, 6.45) is 0.428. The molecule has 0 saturated carbocycles. The van der Waals surface area contributed by atoms with E-state index in [1.807, 2.05) is 18.2 Å². The molecule has 3 amide bonds. The van der Waals surface area contributed by atoms with Crippen LogP contribution in [0.1, 0.15) is 42.4 Å². The summed E-state index contributed by atoms with van der Waals surface area (Å²) in [4.78, 5) is 29.1. The molecule has 0 saturated heterocycles. The Morgan fingerprint density at radius 2 is 1.79 bits per heavy atom. The van der Waals surface area contributed by atoms with Gasteiger partial charge in [-0.2, -0.15) is 13.2 Å². The molecule has 0 fully saturated rings. The smallest absolute Gasteiger partial charge is 0.371 e. The molecule has 38 heavy (non-hydrogen) atoms. The zero-order chi connectivity index (χ0) is 27.1. The average molecular weight is 525 g/mol. The topological polar surface area (TPSA) is 92.7 Å². The van der Waals surface area contributed by atoms with Gasteiger partial charge >= 0.3 is 12.2 Å². The molecule has 0 radical (unpaired) electrons. The molecule has 1 atom stereocenters. The highest BCUT2D eigenvalue weighted by molar-refractivity contribution is 5.92. The number of amides is 3. The largest absolute Gasteiger partial charge is 0.416 e. The number of primary amides is 2. The summed E-state index contributed by atoms with van der Waals surface area (Å²) in [5.41, 5.74) is 14.9. The summed E-state index contributed by atoms with van der Waals surface area (Å²) < 4.78 is 40.4. The Kier molecular flexibility index (Phi) is 6.71. The number of nitrogens with two attached hydrogens (primary N) is 2. The summed E-state index contributed by atoms with van der Waals surface area (Å²) >= 11 is 0. The van der Waals surface area contributed by atoms with Crippen LogP contribution in [0.4, 0.5) is 23.7 Å². The van der Waals surface area contributed by atoms with Gasteiger partial charge in [-0.05, 0) is 78.1 Å². The Labute approximate surface area is 219 Å². The first kappa shape index (κ1) is 25.9. The minimum absolute atomic E-state index is 0.125. The van der Waals surface area contributed by atoms with Crippen LogP contribution in [0.2, 0.25) is 0 Å². The molecule has 1 unspecified atom stereocenters. The number of hydrogen-bond acceptors (Lipinski definition) is 3. The lowest BCUT2D eigenvalue weighted by Gasteiger charge is -2.44. The summed E-state index contributed by atoms with van der Waals surface area (Å²) in [5, 5.41) is 0. The maximum Gasteiger partial charge on any atom is 0.416 e. The van der Waals surface area contributed by atoms with Crippen molar-refractivity contribution >= 4 is 23.2 Å². The highest BCUT2D eigenvalue weighted by Crippen LogP contribution is 2.49. The lowest BCUT2D eigenvalue weighted by Crippen LogP contribution is -2.50. The number of urea groups is 1. The number of hydrogen-bond donors (Lipinski definition) is 2. The van der Waals surface area contributed by atoms with Crippen molar-refractivity contribution < 1.29 is 22.8 Å². The van der Waals surface area contributed by atoms with Crippen LogP contribution in [0.25, 0.3) is 5.57 Å². The van der Waals surface area contributed by atoms with E-state index in [2.05, 4.69) is 17.0 Å². The molecule has 0 aromatic heterocycles. The van der Waals surface area contributed by atoms with Gasteiger partial charge in [0.25, 0.3) is 0 Å². The van der Waals surface area contributed by atoms with E-state index in [0.717, 1.165) is 42.8 Å². The van der Waals surface area contributed by atoms with Crippen molar-refractivity contribution in [1.82, 2.24) is 4.90 Å². The fourth-order valence-electron chi connectivity index (χ4n) is 6.16. The molecule has 5 rings (SSSR count). The third-order valence-corrected chi connectivity index (χ3v) is 8.20. The second kappa shape index (κ2) is 9.85. The predicted octanol–water partition coefficient (Wildman–Crippen LogP) is 4.89. The van der Waals surface area contributed by atoms with E-state index < -0.39 is 29.1 Å². The zero-order valence-corrected chi connectivity index (χ0v) is 21.1. The Morgan fingerprint density at radius 3 is 2.53 bits per heavy atom. The zero-order valence-electron chi connectivity index (χ0n) is 21.1. The molecule has 6 nitrogen and oxygen atoms in total. The highest BCUT2D eigenvalue weighted by Gasteiger charge is 2.46. The van der Waals surface area contributed by atoms with Crippen LogP contribution in [0, 0.1) is 5.41 Å². The summed E-state index contributed by atoms with van der Waals surface area (Å²) in [5.74, 6) is -0.499. The third kappa shape index (κ3) is 4.66. The van der Waals surface area contributed by atoms with Crippen molar-refractivity contribution in [3.05, 3.63) is 82.4 Å². The van der Waals surface area contributed by atoms with Gasteiger partial charge < -0.3 is 21.3 Å². The van der Waals surface area contributed by atoms with Crippen LogP contribution in [-0.2, 0) is 17.4 Å². The number of para-hydroxylation sites is 1. The number of alkyl halides is 3. The SMILES string of the molecule is NC(=O)N1CCC2=C(C1)C(CCN1CCCc3ccccc31)(C(N)=O)CC=C2c1cccc(C(F)(F)F)c1. The molecular weight excluding hydrogens is 493 g/mol. The minimum atomic E-state index is -4.47.